The number of hydrogen-bond acceptors (Lipinski definition) is 3. The molecule has 2 aliphatic heterocycles. The Morgan fingerprint density at radius 3 is 2.50 bits per heavy atom. The first kappa shape index (κ1) is 13.8. The Bertz CT molecular complexity index is 612. The van der Waals surface area contributed by atoms with Crippen LogP contribution in [-0.2, 0) is 13.0 Å². The number of carbonyl (C=O) groups excluding carboxylic acids is 2. The van der Waals surface area contributed by atoms with Crippen LogP contribution in [0.15, 0.2) is 0 Å². The second-order valence-electron chi connectivity index (χ2n) is 6.59. The smallest absolute Gasteiger partial charge is 0.287 e. The van der Waals surface area contributed by atoms with E-state index < -0.39 is 0 Å². The van der Waals surface area contributed by atoms with Gasteiger partial charge in [0.05, 0.1) is 5.69 Å². The van der Waals surface area contributed by atoms with Crippen LogP contribution < -0.4 is 5.32 Å². The Morgan fingerprint density at radius 2 is 1.77 bits per heavy atom. The fourth-order valence-corrected chi connectivity index (χ4v) is 3.44. The quantitative estimate of drug-likeness (QED) is 0.916. The molecule has 3 heterocycles. The zero-order valence-electron chi connectivity index (χ0n) is 12.8. The molecule has 1 aromatic heterocycles. The normalized spacial score (nSPS) is 20.8. The summed E-state index contributed by atoms with van der Waals surface area (Å²) in [5, 5.41) is 2.99. The van der Waals surface area contributed by atoms with Crippen LogP contribution >= 0.6 is 0 Å². The number of likely N-dealkylation sites (tertiary alicyclic amines) is 1. The van der Waals surface area contributed by atoms with E-state index in [1.165, 1.54) is 0 Å². The third kappa shape index (κ3) is 2.40. The minimum atomic E-state index is -0.119. The van der Waals surface area contributed by atoms with Crippen LogP contribution in [0.1, 0.15) is 65.3 Å². The van der Waals surface area contributed by atoms with E-state index in [4.69, 9.17) is 0 Å². The lowest BCUT2D eigenvalue weighted by atomic mass is 10.1. The number of nitrogens with one attached hydrogen (secondary N) is 1. The summed E-state index contributed by atoms with van der Waals surface area (Å²) in [4.78, 5) is 31.5. The van der Waals surface area contributed by atoms with Crippen LogP contribution in [-0.4, -0.2) is 45.4 Å². The van der Waals surface area contributed by atoms with Crippen molar-refractivity contribution in [2.24, 2.45) is 0 Å². The first-order valence-corrected chi connectivity index (χ1v) is 8.43. The molecule has 6 heteroatoms. The van der Waals surface area contributed by atoms with Crippen LogP contribution in [0.2, 0.25) is 0 Å². The van der Waals surface area contributed by atoms with Gasteiger partial charge in [-0.05, 0) is 44.9 Å². The monoisotopic (exact) mass is 302 g/mol. The molecule has 0 aromatic carbocycles. The van der Waals surface area contributed by atoms with E-state index >= 15 is 0 Å². The molecule has 3 aliphatic rings. The lowest BCUT2D eigenvalue weighted by molar-refractivity contribution is 0.0786. The van der Waals surface area contributed by atoms with Crippen molar-refractivity contribution in [1.29, 1.82) is 0 Å². The lowest BCUT2D eigenvalue weighted by Crippen LogP contribution is -2.29. The van der Waals surface area contributed by atoms with Crippen LogP contribution in [0, 0.1) is 0 Å². The summed E-state index contributed by atoms with van der Waals surface area (Å²) in [6.07, 6.45) is 7.20. The SMILES string of the molecule is O=C(NC1CC1)c1nc(C(=O)N2CCCC2)c2n1CCCC2. The van der Waals surface area contributed by atoms with E-state index in [-0.39, 0.29) is 11.8 Å². The number of aromatic nitrogens is 2. The standard InChI is InChI=1S/C16H22N4O2/c21-15(17-11-6-7-11)14-18-13(12-5-1-2-10-20(12)14)16(22)19-8-3-4-9-19/h11H,1-10H2,(H,17,21). The molecule has 1 saturated carbocycles. The van der Waals surface area contributed by atoms with Crippen molar-refractivity contribution in [3.8, 4) is 0 Å². The number of carbonyl (C=O) groups is 2. The molecule has 6 nitrogen and oxygen atoms in total. The summed E-state index contributed by atoms with van der Waals surface area (Å²) in [6, 6.07) is 0.307. The van der Waals surface area contributed by atoms with Crippen molar-refractivity contribution >= 4 is 11.8 Å². The molecule has 1 aliphatic carbocycles. The second kappa shape index (κ2) is 5.41. The molecular weight excluding hydrogens is 280 g/mol. The van der Waals surface area contributed by atoms with Crippen molar-refractivity contribution in [3.05, 3.63) is 17.2 Å². The Kier molecular flexibility index (Phi) is 3.39. The predicted octanol–water partition coefficient (Wildman–Crippen LogP) is 1.35. The van der Waals surface area contributed by atoms with Gasteiger partial charge >= 0.3 is 0 Å². The molecular formula is C16H22N4O2. The van der Waals surface area contributed by atoms with Crippen LogP contribution in [0.25, 0.3) is 0 Å². The molecule has 1 saturated heterocycles. The average Bonchev–Trinajstić information content (AvgIpc) is 3.07. The third-order valence-electron chi connectivity index (χ3n) is 4.83. The van der Waals surface area contributed by atoms with E-state index in [9.17, 15) is 9.59 Å². The van der Waals surface area contributed by atoms with E-state index in [1.807, 2.05) is 9.47 Å². The zero-order chi connectivity index (χ0) is 15.1. The molecule has 22 heavy (non-hydrogen) atoms. The van der Waals surface area contributed by atoms with E-state index in [1.54, 1.807) is 0 Å². The number of amides is 2. The second-order valence-corrected chi connectivity index (χ2v) is 6.59. The fraction of sp³-hybridized carbons (Fsp3) is 0.688. The number of rotatable bonds is 3. The van der Waals surface area contributed by atoms with E-state index in [2.05, 4.69) is 10.3 Å². The van der Waals surface area contributed by atoms with Crippen molar-refractivity contribution in [1.82, 2.24) is 19.8 Å². The summed E-state index contributed by atoms with van der Waals surface area (Å²) in [6.45, 7) is 2.42. The highest BCUT2D eigenvalue weighted by Gasteiger charge is 2.32. The first-order chi connectivity index (χ1) is 10.7. The van der Waals surface area contributed by atoms with Gasteiger partial charge in [0.25, 0.3) is 11.8 Å². The first-order valence-electron chi connectivity index (χ1n) is 8.43. The average molecular weight is 302 g/mol. The highest BCUT2D eigenvalue weighted by atomic mass is 16.2. The van der Waals surface area contributed by atoms with Crippen LogP contribution in [0.3, 0.4) is 0 Å². The Morgan fingerprint density at radius 1 is 1.05 bits per heavy atom. The minimum absolute atomic E-state index is 0.00798. The van der Waals surface area contributed by atoms with Gasteiger partial charge in [-0.15, -0.1) is 0 Å². The summed E-state index contributed by atoms with van der Waals surface area (Å²) >= 11 is 0. The molecule has 118 valence electrons. The maximum Gasteiger partial charge on any atom is 0.287 e. The largest absolute Gasteiger partial charge is 0.347 e. The minimum Gasteiger partial charge on any atom is -0.347 e. The number of nitrogens with zero attached hydrogens (tertiary/aromatic N) is 3. The van der Waals surface area contributed by atoms with Gasteiger partial charge < -0.3 is 14.8 Å². The molecule has 0 spiro atoms. The summed E-state index contributed by atoms with van der Waals surface area (Å²) in [7, 11) is 0. The maximum atomic E-state index is 12.7. The zero-order valence-corrected chi connectivity index (χ0v) is 12.8. The van der Waals surface area contributed by atoms with E-state index in [0.717, 1.165) is 70.3 Å². The van der Waals surface area contributed by atoms with Crippen molar-refractivity contribution in [2.45, 2.75) is 57.5 Å². The van der Waals surface area contributed by atoms with Gasteiger partial charge in [-0.3, -0.25) is 9.59 Å². The summed E-state index contributed by atoms with van der Waals surface area (Å²) in [5.74, 6) is 0.323. The molecule has 2 amide bonds. The molecule has 0 radical (unpaired) electrons. The Hall–Kier alpha value is -1.85. The molecule has 0 unspecified atom stereocenters. The number of fused-ring (bicyclic) bond motifs is 1. The van der Waals surface area contributed by atoms with E-state index in [0.29, 0.717) is 17.6 Å². The van der Waals surface area contributed by atoms with Gasteiger partial charge in [-0.1, -0.05) is 0 Å². The van der Waals surface area contributed by atoms with Crippen LogP contribution in [0.4, 0.5) is 0 Å². The third-order valence-corrected chi connectivity index (χ3v) is 4.83. The van der Waals surface area contributed by atoms with Crippen LogP contribution in [0.5, 0.6) is 0 Å². The number of imidazole rings is 1. The maximum absolute atomic E-state index is 12.7. The highest BCUT2D eigenvalue weighted by Crippen LogP contribution is 2.25. The lowest BCUT2D eigenvalue weighted by Gasteiger charge is -2.18. The Labute approximate surface area is 129 Å². The van der Waals surface area contributed by atoms with Crippen molar-refractivity contribution in [2.75, 3.05) is 13.1 Å². The van der Waals surface area contributed by atoms with Crippen molar-refractivity contribution in [3.63, 3.8) is 0 Å². The molecule has 2 fully saturated rings. The molecule has 1 N–H and O–H groups in total. The number of hydrogen-bond donors (Lipinski definition) is 1. The topological polar surface area (TPSA) is 67.2 Å². The van der Waals surface area contributed by atoms with Gasteiger partial charge in [-0.2, -0.15) is 0 Å². The molecule has 0 bridgehead atoms. The van der Waals surface area contributed by atoms with Gasteiger partial charge in [0, 0.05) is 25.7 Å². The van der Waals surface area contributed by atoms with Gasteiger partial charge in [-0.25, -0.2) is 4.98 Å². The van der Waals surface area contributed by atoms with Gasteiger partial charge in [0.1, 0.15) is 5.69 Å². The summed E-state index contributed by atoms with van der Waals surface area (Å²) in [5.41, 5.74) is 1.48. The van der Waals surface area contributed by atoms with Crippen molar-refractivity contribution < 1.29 is 9.59 Å². The fourth-order valence-electron chi connectivity index (χ4n) is 3.44. The summed E-state index contributed by atoms with van der Waals surface area (Å²) < 4.78 is 1.98. The molecule has 1 aromatic rings. The molecule has 0 atom stereocenters. The predicted molar refractivity (Wildman–Crippen MR) is 80.8 cm³/mol. The highest BCUT2D eigenvalue weighted by molar-refractivity contribution is 5.97. The Balaban J connectivity index is 1.66. The van der Waals surface area contributed by atoms with Gasteiger partial charge in [0.2, 0.25) is 0 Å². The van der Waals surface area contributed by atoms with Gasteiger partial charge in [0.15, 0.2) is 5.82 Å². The molecule has 4 rings (SSSR count).